The molecule has 0 bridgehead atoms. The first-order valence-corrected chi connectivity index (χ1v) is 12.7. The van der Waals surface area contributed by atoms with Crippen molar-refractivity contribution in [3.05, 3.63) is 77.4 Å². The average molecular weight is 497 g/mol. The number of amides is 1. The van der Waals surface area contributed by atoms with Crippen LogP contribution in [-0.2, 0) is 14.8 Å². The second-order valence-corrected chi connectivity index (χ2v) is 10.5. The number of carbonyl (C=O) groups is 1. The molecule has 0 saturated heterocycles. The van der Waals surface area contributed by atoms with Crippen LogP contribution in [0.5, 0.6) is 11.5 Å². The van der Waals surface area contributed by atoms with E-state index in [-0.39, 0.29) is 22.3 Å². The third-order valence-corrected chi connectivity index (χ3v) is 7.52. The van der Waals surface area contributed by atoms with Crippen molar-refractivity contribution in [3.63, 3.8) is 0 Å². The zero-order valence-corrected chi connectivity index (χ0v) is 21.8. The van der Waals surface area contributed by atoms with Crippen LogP contribution in [0.1, 0.15) is 36.5 Å². The average Bonchev–Trinajstić information content (AvgIpc) is 2.83. The Bertz CT molecular complexity index is 1300. The van der Waals surface area contributed by atoms with E-state index >= 15 is 0 Å². The number of ether oxygens (including phenoxy) is 2. The minimum Gasteiger partial charge on any atom is -0.497 e. The molecule has 0 heterocycles. The summed E-state index contributed by atoms with van der Waals surface area (Å²) < 4.78 is 39.3. The monoisotopic (exact) mass is 496 g/mol. The molecule has 0 spiro atoms. The first-order valence-electron chi connectivity index (χ1n) is 11.3. The van der Waals surface area contributed by atoms with E-state index in [0.717, 1.165) is 21.0 Å². The Morgan fingerprint density at radius 2 is 1.66 bits per heavy atom. The molecule has 0 fully saturated rings. The van der Waals surface area contributed by atoms with E-state index < -0.39 is 22.5 Å². The summed E-state index contributed by atoms with van der Waals surface area (Å²) >= 11 is 0. The largest absolute Gasteiger partial charge is 0.497 e. The first-order chi connectivity index (χ1) is 16.6. The zero-order chi connectivity index (χ0) is 25.8. The Hall–Kier alpha value is -3.52. The molecule has 3 rings (SSSR count). The van der Waals surface area contributed by atoms with Gasteiger partial charge in [-0.05, 0) is 55.2 Å². The van der Waals surface area contributed by atoms with E-state index in [0.29, 0.717) is 11.4 Å². The van der Waals surface area contributed by atoms with Gasteiger partial charge in [-0.2, -0.15) is 0 Å². The fourth-order valence-electron chi connectivity index (χ4n) is 3.78. The Labute approximate surface area is 207 Å². The van der Waals surface area contributed by atoms with Gasteiger partial charge in [0.25, 0.3) is 10.0 Å². The van der Waals surface area contributed by atoms with E-state index in [1.54, 1.807) is 30.3 Å². The van der Waals surface area contributed by atoms with Gasteiger partial charge in [0.2, 0.25) is 5.91 Å². The minimum absolute atomic E-state index is 0.0764. The summed E-state index contributed by atoms with van der Waals surface area (Å²) in [6.45, 7) is 7.43. The Morgan fingerprint density at radius 1 is 0.971 bits per heavy atom. The van der Waals surface area contributed by atoms with Gasteiger partial charge in [-0.25, -0.2) is 8.42 Å². The highest BCUT2D eigenvalue weighted by Gasteiger charge is 2.30. The van der Waals surface area contributed by atoms with Crippen molar-refractivity contribution in [1.29, 1.82) is 0 Å². The molecule has 0 radical (unpaired) electrons. The summed E-state index contributed by atoms with van der Waals surface area (Å²) in [7, 11) is -1.14. The van der Waals surface area contributed by atoms with E-state index in [1.807, 2.05) is 45.9 Å². The molecule has 0 saturated carbocycles. The molecule has 7 nitrogen and oxygen atoms in total. The number of para-hydroxylation sites is 1. The maximum absolute atomic E-state index is 13.8. The van der Waals surface area contributed by atoms with Crippen molar-refractivity contribution in [2.45, 2.75) is 38.5 Å². The summed E-state index contributed by atoms with van der Waals surface area (Å²) in [6, 6.07) is 17.1. The molecule has 186 valence electrons. The van der Waals surface area contributed by atoms with E-state index in [9.17, 15) is 13.2 Å². The van der Waals surface area contributed by atoms with Gasteiger partial charge >= 0.3 is 0 Å². The molecule has 0 aromatic heterocycles. The van der Waals surface area contributed by atoms with Crippen molar-refractivity contribution >= 4 is 27.3 Å². The zero-order valence-electron chi connectivity index (χ0n) is 21.0. The Balaban J connectivity index is 2.06. The standard InChI is InChI=1S/C27H32N2O5S/c1-18(2)23-9-7-8-20(4)27(23)28-26(30)17-29(24-15-12-21(33-5)16-25(24)34-6)35(31,32)22-13-10-19(3)11-14-22/h7-16,18H,17H2,1-6H3,(H,28,30). The number of nitrogens with one attached hydrogen (secondary N) is 1. The van der Waals surface area contributed by atoms with Crippen LogP contribution < -0.4 is 19.1 Å². The topological polar surface area (TPSA) is 84.9 Å². The van der Waals surface area contributed by atoms with Crippen LogP contribution >= 0.6 is 0 Å². The van der Waals surface area contributed by atoms with E-state index in [4.69, 9.17) is 9.47 Å². The van der Waals surface area contributed by atoms with Crippen molar-refractivity contribution in [2.24, 2.45) is 0 Å². The molecule has 35 heavy (non-hydrogen) atoms. The minimum atomic E-state index is -4.10. The molecule has 3 aromatic carbocycles. The van der Waals surface area contributed by atoms with E-state index in [1.165, 1.54) is 26.4 Å². The van der Waals surface area contributed by atoms with Crippen LogP contribution in [0.2, 0.25) is 0 Å². The van der Waals surface area contributed by atoms with Crippen LogP contribution in [0.15, 0.2) is 65.6 Å². The molecule has 0 unspecified atom stereocenters. The molecule has 0 aliphatic rings. The van der Waals surface area contributed by atoms with Gasteiger partial charge in [0, 0.05) is 11.8 Å². The van der Waals surface area contributed by atoms with Gasteiger partial charge in [-0.3, -0.25) is 9.10 Å². The molecular weight excluding hydrogens is 464 g/mol. The molecule has 1 N–H and O–H groups in total. The van der Waals surface area contributed by atoms with Gasteiger partial charge < -0.3 is 14.8 Å². The van der Waals surface area contributed by atoms with Gasteiger partial charge in [0.15, 0.2) is 0 Å². The maximum Gasteiger partial charge on any atom is 0.264 e. The molecule has 0 atom stereocenters. The predicted octanol–water partition coefficient (Wildman–Crippen LogP) is 5.28. The summed E-state index contributed by atoms with van der Waals surface area (Å²) in [4.78, 5) is 13.4. The number of aryl methyl sites for hydroxylation is 2. The third-order valence-electron chi connectivity index (χ3n) is 5.74. The second kappa shape index (κ2) is 10.8. The van der Waals surface area contributed by atoms with Crippen molar-refractivity contribution in [3.8, 4) is 11.5 Å². The Morgan fingerprint density at radius 3 is 2.26 bits per heavy atom. The number of hydrogen-bond acceptors (Lipinski definition) is 5. The summed E-state index contributed by atoms with van der Waals surface area (Å²) in [5.74, 6) is 0.491. The Kier molecular flexibility index (Phi) is 8.07. The smallest absolute Gasteiger partial charge is 0.264 e. The third kappa shape index (κ3) is 5.77. The first kappa shape index (κ1) is 26.1. The van der Waals surface area contributed by atoms with Crippen LogP contribution in [0.4, 0.5) is 11.4 Å². The van der Waals surface area contributed by atoms with Crippen LogP contribution in [0.25, 0.3) is 0 Å². The van der Waals surface area contributed by atoms with Gasteiger partial charge in [-0.1, -0.05) is 49.7 Å². The number of rotatable bonds is 9. The quantitative estimate of drug-likeness (QED) is 0.436. The second-order valence-electron chi connectivity index (χ2n) is 8.60. The highest BCUT2D eigenvalue weighted by molar-refractivity contribution is 7.92. The van der Waals surface area contributed by atoms with Crippen molar-refractivity contribution < 1.29 is 22.7 Å². The molecular formula is C27H32N2O5S. The van der Waals surface area contributed by atoms with Crippen LogP contribution in [-0.4, -0.2) is 35.1 Å². The van der Waals surface area contributed by atoms with Crippen molar-refractivity contribution in [1.82, 2.24) is 0 Å². The fourth-order valence-corrected chi connectivity index (χ4v) is 5.21. The van der Waals surface area contributed by atoms with E-state index in [2.05, 4.69) is 5.32 Å². The number of carbonyl (C=O) groups excluding carboxylic acids is 1. The van der Waals surface area contributed by atoms with Crippen LogP contribution in [0.3, 0.4) is 0 Å². The molecule has 0 aliphatic heterocycles. The number of methoxy groups -OCH3 is 2. The number of nitrogens with zero attached hydrogens (tertiary/aromatic N) is 1. The number of anilines is 2. The SMILES string of the molecule is COc1ccc(N(CC(=O)Nc2c(C)cccc2C(C)C)S(=O)(=O)c2ccc(C)cc2)c(OC)c1. The number of benzene rings is 3. The van der Waals surface area contributed by atoms with Gasteiger partial charge in [0.1, 0.15) is 18.0 Å². The summed E-state index contributed by atoms with van der Waals surface area (Å²) in [5, 5.41) is 2.94. The summed E-state index contributed by atoms with van der Waals surface area (Å²) in [5.41, 5.74) is 3.74. The highest BCUT2D eigenvalue weighted by atomic mass is 32.2. The fraction of sp³-hybridized carbons (Fsp3) is 0.296. The summed E-state index contributed by atoms with van der Waals surface area (Å²) in [6.07, 6.45) is 0. The molecule has 1 amide bonds. The molecule has 8 heteroatoms. The molecule has 0 aliphatic carbocycles. The normalized spacial score (nSPS) is 11.3. The maximum atomic E-state index is 13.8. The number of hydrogen-bond donors (Lipinski definition) is 1. The van der Waals surface area contributed by atoms with Gasteiger partial charge in [-0.15, -0.1) is 0 Å². The predicted molar refractivity (Wildman–Crippen MR) is 139 cm³/mol. The lowest BCUT2D eigenvalue weighted by molar-refractivity contribution is -0.114. The lowest BCUT2D eigenvalue weighted by Crippen LogP contribution is -2.38. The lowest BCUT2D eigenvalue weighted by Gasteiger charge is -2.26. The van der Waals surface area contributed by atoms with Crippen LogP contribution in [0, 0.1) is 13.8 Å². The van der Waals surface area contributed by atoms with Crippen molar-refractivity contribution in [2.75, 3.05) is 30.4 Å². The number of sulfonamides is 1. The van der Waals surface area contributed by atoms with Gasteiger partial charge in [0.05, 0.1) is 24.8 Å². The molecule has 3 aromatic rings. The lowest BCUT2D eigenvalue weighted by atomic mass is 9.98. The highest BCUT2D eigenvalue weighted by Crippen LogP contribution is 2.36.